The van der Waals surface area contributed by atoms with E-state index in [2.05, 4.69) is 38.1 Å². The molecule has 0 spiro atoms. The Labute approximate surface area is 109 Å². The van der Waals surface area contributed by atoms with Crippen LogP contribution in [0.2, 0.25) is 0 Å². The van der Waals surface area contributed by atoms with Crippen molar-refractivity contribution in [3.8, 4) is 0 Å². The molecule has 2 atom stereocenters. The maximum atomic E-state index is 6.21. The summed E-state index contributed by atoms with van der Waals surface area (Å²) in [5, 5.41) is 0. The zero-order valence-corrected chi connectivity index (χ0v) is 11.3. The molecule has 1 heterocycles. The molecular formula is C16H22O2. The van der Waals surface area contributed by atoms with E-state index in [1.165, 1.54) is 12.0 Å². The van der Waals surface area contributed by atoms with E-state index in [1.54, 1.807) is 0 Å². The minimum Gasteiger partial charge on any atom is -0.350 e. The molecule has 0 amide bonds. The second-order valence-corrected chi connectivity index (χ2v) is 6.47. The first-order valence-electron chi connectivity index (χ1n) is 6.92. The van der Waals surface area contributed by atoms with E-state index in [0.29, 0.717) is 17.9 Å². The Morgan fingerprint density at radius 1 is 1.28 bits per heavy atom. The van der Waals surface area contributed by atoms with E-state index in [0.717, 1.165) is 19.4 Å². The molecule has 0 radical (unpaired) electrons. The summed E-state index contributed by atoms with van der Waals surface area (Å²) in [7, 11) is 0. The quantitative estimate of drug-likeness (QED) is 0.808. The Bertz CT molecular complexity index is 412. The number of ether oxygens (including phenoxy) is 2. The summed E-state index contributed by atoms with van der Waals surface area (Å²) in [6, 6.07) is 10.4. The average Bonchev–Trinajstić information content (AvgIpc) is 2.80. The lowest BCUT2D eigenvalue weighted by Gasteiger charge is -2.30. The number of fused-ring (bicyclic) bond motifs is 1. The fourth-order valence-electron chi connectivity index (χ4n) is 3.56. The van der Waals surface area contributed by atoms with E-state index in [9.17, 15) is 0 Å². The van der Waals surface area contributed by atoms with E-state index >= 15 is 0 Å². The van der Waals surface area contributed by atoms with Crippen LogP contribution in [0.3, 0.4) is 0 Å². The van der Waals surface area contributed by atoms with Crippen LogP contribution < -0.4 is 0 Å². The largest absolute Gasteiger partial charge is 0.350 e. The summed E-state index contributed by atoms with van der Waals surface area (Å²) in [5.74, 6) is 0.274. The van der Waals surface area contributed by atoms with Gasteiger partial charge in [-0.3, -0.25) is 0 Å². The topological polar surface area (TPSA) is 18.5 Å². The number of rotatable bonds is 3. The van der Waals surface area contributed by atoms with Gasteiger partial charge in [0.05, 0.1) is 13.2 Å². The van der Waals surface area contributed by atoms with Crippen molar-refractivity contribution in [2.45, 2.75) is 45.5 Å². The van der Waals surface area contributed by atoms with Crippen molar-refractivity contribution in [3.63, 3.8) is 0 Å². The van der Waals surface area contributed by atoms with Gasteiger partial charge in [0.2, 0.25) is 0 Å². The first-order valence-corrected chi connectivity index (χ1v) is 6.92. The molecule has 3 rings (SSSR count). The highest BCUT2D eigenvalue weighted by atomic mass is 16.7. The third kappa shape index (κ3) is 2.19. The van der Waals surface area contributed by atoms with Crippen molar-refractivity contribution in [3.05, 3.63) is 35.9 Å². The van der Waals surface area contributed by atoms with Gasteiger partial charge in [-0.15, -0.1) is 0 Å². The van der Waals surface area contributed by atoms with Crippen LogP contribution in [0.1, 0.15) is 38.7 Å². The second kappa shape index (κ2) is 4.36. The highest BCUT2D eigenvalue weighted by molar-refractivity contribution is 5.13. The SMILES string of the molecule is CC1(C)C[C@@H]2CCO[C@]2(OCc2ccccc2)C1. The Morgan fingerprint density at radius 2 is 2.06 bits per heavy atom. The summed E-state index contributed by atoms with van der Waals surface area (Å²) >= 11 is 0. The van der Waals surface area contributed by atoms with E-state index in [1.807, 2.05) is 6.07 Å². The highest BCUT2D eigenvalue weighted by Gasteiger charge is 2.55. The molecule has 2 fully saturated rings. The van der Waals surface area contributed by atoms with Crippen molar-refractivity contribution in [2.75, 3.05) is 6.61 Å². The predicted molar refractivity (Wildman–Crippen MR) is 71.0 cm³/mol. The first kappa shape index (κ1) is 12.2. The molecule has 2 heteroatoms. The molecule has 0 unspecified atom stereocenters. The van der Waals surface area contributed by atoms with Gasteiger partial charge in [-0.1, -0.05) is 44.2 Å². The number of hydrogen-bond acceptors (Lipinski definition) is 2. The fourth-order valence-corrected chi connectivity index (χ4v) is 3.56. The Balaban J connectivity index is 1.71. The van der Waals surface area contributed by atoms with Crippen LogP contribution in [0, 0.1) is 11.3 Å². The van der Waals surface area contributed by atoms with Crippen LogP contribution >= 0.6 is 0 Å². The van der Waals surface area contributed by atoms with Gasteiger partial charge < -0.3 is 9.47 Å². The van der Waals surface area contributed by atoms with E-state index in [4.69, 9.17) is 9.47 Å². The maximum Gasteiger partial charge on any atom is 0.172 e. The number of hydrogen-bond donors (Lipinski definition) is 0. The molecule has 0 aromatic heterocycles. The number of benzene rings is 1. The third-order valence-corrected chi connectivity index (χ3v) is 4.28. The minimum absolute atomic E-state index is 0.306. The van der Waals surface area contributed by atoms with Crippen molar-refractivity contribution < 1.29 is 9.47 Å². The predicted octanol–water partition coefficient (Wildman–Crippen LogP) is 3.76. The highest BCUT2D eigenvalue weighted by Crippen LogP contribution is 2.54. The smallest absolute Gasteiger partial charge is 0.172 e. The summed E-state index contributed by atoms with van der Waals surface area (Å²) < 4.78 is 12.2. The van der Waals surface area contributed by atoms with Crippen molar-refractivity contribution in [1.29, 1.82) is 0 Å². The normalized spacial score (nSPS) is 33.6. The Kier molecular flexibility index (Phi) is 2.95. The van der Waals surface area contributed by atoms with Gasteiger partial charge in [-0.2, -0.15) is 0 Å². The molecule has 1 saturated heterocycles. The van der Waals surface area contributed by atoms with Crippen LogP contribution in [-0.4, -0.2) is 12.4 Å². The second-order valence-electron chi connectivity index (χ2n) is 6.47. The molecule has 1 saturated carbocycles. The van der Waals surface area contributed by atoms with Crippen LogP contribution in [0.25, 0.3) is 0 Å². The van der Waals surface area contributed by atoms with Crippen molar-refractivity contribution in [1.82, 2.24) is 0 Å². The molecule has 2 aliphatic rings. The van der Waals surface area contributed by atoms with Gasteiger partial charge in [0.1, 0.15) is 0 Å². The van der Waals surface area contributed by atoms with Gasteiger partial charge in [0.25, 0.3) is 0 Å². The lowest BCUT2D eigenvalue weighted by molar-refractivity contribution is -0.231. The summed E-state index contributed by atoms with van der Waals surface area (Å²) in [4.78, 5) is 0. The summed E-state index contributed by atoms with van der Waals surface area (Å²) in [6.07, 6.45) is 3.40. The first-order chi connectivity index (χ1) is 8.60. The van der Waals surface area contributed by atoms with Crippen LogP contribution in [0.15, 0.2) is 30.3 Å². The van der Waals surface area contributed by atoms with Crippen molar-refractivity contribution >= 4 is 0 Å². The molecule has 2 nitrogen and oxygen atoms in total. The van der Waals surface area contributed by atoms with E-state index in [-0.39, 0.29) is 5.79 Å². The molecule has 1 aliphatic heterocycles. The zero-order valence-electron chi connectivity index (χ0n) is 11.3. The minimum atomic E-state index is -0.306. The fraction of sp³-hybridized carbons (Fsp3) is 0.625. The Morgan fingerprint density at radius 3 is 2.83 bits per heavy atom. The lowest BCUT2D eigenvalue weighted by Crippen LogP contribution is -2.34. The monoisotopic (exact) mass is 246 g/mol. The molecule has 18 heavy (non-hydrogen) atoms. The molecule has 1 aliphatic carbocycles. The van der Waals surface area contributed by atoms with Crippen LogP contribution in [0.4, 0.5) is 0 Å². The zero-order chi connectivity index (χ0) is 12.6. The maximum absolute atomic E-state index is 6.21. The standard InChI is InChI=1S/C16H22O2/c1-15(2)10-14-8-9-17-16(14,12-15)18-11-13-6-4-3-5-7-13/h3-7,14H,8-12H2,1-2H3/t14-,16-/m0/s1. The average molecular weight is 246 g/mol. The van der Waals surface area contributed by atoms with E-state index < -0.39 is 0 Å². The van der Waals surface area contributed by atoms with Gasteiger partial charge in [0.15, 0.2) is 5.79 Å². The van der Waals surface area contributed by atoms with Gasteiger partial charge >= 0.3 is 0 Å². The summed E-state index contributed by atoms with van der Waals surface area (Å²) in [5.41, 5.74) is 1.58. The molecule has 0 N–H and O–H groups in total. The Hall–Kier alpha value is -0.860. The molecule has 98 valence electrons. The van der Waals surface area contributed by atoms with Crippen LogP contribution in [0.5, 0.6) is 0 Å². The summed E-state index contributed by atoms with van der Waals surface area (Å²) in [6.45, 7) is 6.16. The molecule has 1 aromatic carbocycles. The molecule has 0 bridgehead atoms. The third-order valence-electron chi connectivity index (χ3n) is 4.28. The molecular weight excluding hydrogens is 224 g/mol. The van der Waals surface area contributed by atoms with Crippen molar-refractivity contribution in [2.24, 2.45) is 11.3 Å². The molecule has 1 aromatic rings. The van der Waals surface area contributed by atoms with Crippen LogP contribution in [-0.2, 0) is 16.1 Å². The van der Waals surface area contributed by atoms with Gasteiger partial charge in [-0.05, 0) is 23.8 Å². The van der Waals surface area contributed by atoms with Gasteiger partial charge in [-0.25, -0.2) is 0 Å². The van der Waals surface area contributed by atoms with Gasteiger partial charge in [0, 0.05) is 12.3 Å². The lowest BCUT2D eigenvalue weighted by atomic mass is 9.90.